The van der Waals surface area contributed by atoms with E-state index in [1.54, 1.807) is 6.07 Å². The number of amides is 1. The van der Waals surface area contributed by atoms with Gasteiger partial charge in [0.25, 0.3) is 5.91 Å². The van der Waals surface area contributed by atoms with Crippen molar-refractivity contribution in [2.75, 3.05) is 0 Å². The quantitative estimate of drug-likeness (QED) is 0.912. The van der Waals surface area contributed by atoms with Gasteiger partial charge in [-0.2, -0.15) is 0 Å². The first-order chi connectivity index (χ1) is 7.75. The fourth-order valence-electron chi connectivity index (χ4n) is 1.12. The van der Waals surface area contributed by atoms with Crippen molar-refractivity contribution in [1.82, 2.24) is 15.3 Å². The molecule has 0 saturated carbocycles. The Balaban J connectivity index is 1.94. The highest BCUT2D eigenvalue weighted by atomic mass is 35.5. The summed E-state index contributed by atoms with van der Waals surface area (Å²) in [6, 6.07) is 3.68. The van der Waals surface area contributed by atoms with Crippen LogP contribution in [0, 0.1) is 0 Å². The third kappa shape index (κ3) is 2.77. The van der Waals surface area contributed by atoms with Crippen LogP contribution in [0.15, 0.2) is 30.7 Å². The second-order valence-corrected chi connectivity index (χ2v) is 4.78. The SMILES string of the molecule is O=C(NCc1ccc(Cl)s1)c1cnccn1. The molecule has 82 valence electrons. The summed E-state index contributed by atoms with van der Waals surface area (Å²) in [4.78, 5) is 20.3. The van der Waals surface area contributed by atoms with Crippen LogP contribution in [-0.4, -0.2) is 15.9 Å². The van der Waals surface area contributed by atoms with Crippen LogP contribution in [-0.2, 0) is 6.54 Å². The number of carbonyl (C=O) groups excluding carboxylic acids is 1. The maximum absolute atomic E-state index is 11.6. The van der Waals surface area contributed by atoms with Crippen molar-refractivity contribution in [2.24, 2.45) is 0 Å². The normalized spacial score (nSPS) is 10.1. The van der Waals surface area contributed by atoms with E-state index >= 15 is 0 Å². The molecule has 0 atom stereocenters. The van der Waals surface area contributed by atoms with E-state index < -0.39 is 0 Å². The Morgan fingerprint density at radius 1 is 1.44 bits per heavy atom. The van der Waals surface area contributed by atoms with E-state index in [4.69, 9.17) is 11.6 Å². The van der Waals surface area contributed by atoms with Crippen molar-refractivity contribution in [3.05, 3.63) is 45.6 Å². The van der Waals surface area contributed by atoms with Crippen molar-refractivity contribution in [2.45, 2.75) is 6.54 Å². The average Bonchev–Trinajstić information content (AvgIpc) is 2.73. The second-order valence-electron chi connectivity index (χ2n) is 2.98. The molecule has 0 bridgehead atoms. The summed E-state index contributed by atoms with van der Waals surface area (Å²) in [5.74, 6) is -0.238. The number of halogens is 1. The summed E-state index contributed by atoms with van der Waals surface area (Å²) in [6.07, 6.45) is 4.43. The predicted molar refractivity (Wildman–Crippen MR) is 62.5 cm³/mol. The molecule has 4 nitrogen and oxygen atoms in total. The molecular weight excluding hydrogens is 246 g/mol. The largest absolute Gasteiger partial charge is 0.346 e. The van der Waals surface area contributed by atoms with Crippen LogP contribution in [0.3, 0.4) is 0 Å². The van der Waals surface area contributed by atoms with Crippen molar-refractivity contribution in [3.8, 4) is 0 Å². The molecule has 16 heavy (non-hydrogen) atoms. The minimum atomic E-state index is -0.238. The van der Waals surface area contributed by atoms with Crippen LogP contribution in [0.5, 0.6) is 0 Å². The van der Waals surface area contributed by atoms with Crippen LogP contribution < -0.4 is 5.32 Å². The molecule has 0 saturated heterocycles. The van der Waals surface area contributed by atoms with Gasteiger partial charge in [-0.25, -0.2) is 4.98 Å². The fourth-order valence-corrected chi connectivity index (χ4v) is 2.15. The van der Waals surface area contributed by atoms with Gasteiger partial charge in [0.2, 0.25) is 0 Å². The van der Waals surface area contributed by atoms with Gasteiger partial charge in [0.15, 0.2) is 0 Å². The molecule has 0 aromatic carbocycles. The zero-order chi connectivity index (χ0) is 11.4. The zero-order valence-electron chi connectivity index (χ0n) is 8.18. The van der Waals surface area contributed by atoms with Gasteiger partial charge in [-0.1, -0.05) is 11.6 Å². The van der Waals surface area contributed by atoms with E-state index in [2.05, 4.69) is 15.3 Å². The number of nitrogens with zero attached hydrogens (tertiary/aromatic N) is 2. The summed E-state index contributed by atoms with van der Waals surface area (Å²) in [5, 5.41) is 2.74. The van der Waals surface area contributed by atoms with Crippen LogP contribution in [0.25, 0.3) is 0 Å². The van der Waals surface area contributed by atoms with Crippen molar-refractivity contribution < 1.29 is 4.79 Å². The molecule has 2 heterocycles. The number of nitrogens with one attached hydrogen (secondary N) is 1. The second kappa shape index (κ2) is 5.05. The maximum atomic E-state index is 11.6. The zero-order valence-corrected chi connectivity index (χ0v) is 9.76. The molecule has 0 aliphatic rings. The number of rotatable bonds is 3. The molecule has 0 aliphatic heterocycles. The predicted octanol–water partition coefficient (Wildman–Crippen LogP) is 2.12. The number of hydrogen-bond donors (Lipinski definition) is 1. The molecule has 1 N–H and O–H groups in total. The van der Waals surface area contributed by atoms with Gasteiger partial charge in [0, 0.05) is 17.3 Å². The number of thiophene rings is 1. The van der Waals surface area contributed by atoms with Crippen LogP contribution in [0.1, 0.15) is 15.4 Å². The fraction of sp³-hybridized carbons (Fsp3) is 0.100. The standard InChI is InChI=1S/C10H8ClN3OS/c11-9-2-1-7(16-9)5-14-10(15)8-6-12-3-4-13-8/h1-4,6H,5H2,(H,14,15). The number of aromatic nitrogens is 2. The molecular formula is C10H8ClN3OS. The van der Waals surface area contributed by atoms with Crippen molar-refractivity contribution in [3.63, 3.8) is 0 Å². The van der Waals surface area contributed by atoms with E-state index in [9.17, 15) is 4.79 Å². The number of carbonyl (C=O) groups is 1. The Labute approximate surface area is 101 Å². The molecule has 0 spiro atoms. The molecule has 0 radical (unpaired) electrons. The Kier molecular flexibility index (Phi) is 3.48. The Hall–Kier alpha value is -1.46. The summed E-state index contributed by atoms with van der Waals surface area (Å²) < 4.78 is 0.712. The highest BCUT2D eigenvalue weighted by Gasteiger charge is 2.06. The molecule has 2 aromatic heterocycles. The van der Waals surface area contributed by atoms with Gasteiger partial charge >= 0.3 is 0 Å². The average molecular weight is 254 g/mol. The van der Waals surface area contributed by atoms with Crippen LogP contribution in [0.4, 0.5) is 0 Å². The molecule has 0 fully saturated rings. The smallest absolute Gasteiger partial charge is 0.271 e. The highest BCUT2D eigenvalue weighted by molar-refractivity contribution is 7.16. The molecule has 2 aromatic rings. The lowest BCUT2D eigenvalue weighted by Gasteiger charge is -2.01. The summed E-state index contributed by atoms with van der Waals surface area (Å²) in [6.45, 7) is 0.451. The molecule has 0 aliphatic carbocycles. The van der Waals surface area contributed by atoms with Gasteiger partial charge in [-0.3, -0.25) is 9.78 Å². The first kappa shape index (κ1) is 11.0. The highest BCUT2D eigenvalue weighted by Crippen LogP contribution is 2.20. The van der Waals surface area contributed by atoms with Gasteiger partial charge in [-0.15, -0.1) is 11.3 Å². The molecule has 6 heteroatoms. The van der Waals surface area contributed by atoms with E-state index in [-0.39, 0.29) is 5.91 Å². The Morgan fingerprint density at radius 3 is 2.94 bits per heavy atom. The lowest BCUT2D eigenvalue weighted by Crippen LogP contribution is -2.23. The van der Waals surface area contributed by atoms with Crippen molar-refractivity contribution in [1.29, 1.82) is 0 Å². The first-order valence-corrected chi connectivity index (χ1v) is 5.73. The van der Waals surface area contributed by atoms with E-state index in [1.165, 1.54) is 29.9 Å². The van der Waals surface area contributed by atoms with Gasteiger partial charge in [0.05, 0.1) is 17.1 Å². The summed E-state index contributed by atoms with van der Waals surface area (Å²) >= 11 is 7.22. The Bertz CT molecular complexity index is 486. The topological polar surface area (TPSA) is 54.9 Å². The monoisotopic (exact) mass is 253 g/mol. The molecule has 2 rings (SSSR count). The lowest BCUT2D eigenvalue weighted by atomic mass is 10.4. The Morgan fingerprint density at radius 2 is 2.31 bits per heavy atom. The van der Waals surface area contributed by atoms with Crippen LogP contribution >= 0.6 is 22.9 Å². The minimum absolute atomic E-state index is 0.238. The van der Waals surface area contributed by atoms with Gasteiger partial charge in [0.1, 0.15) is 5.69 Å². The van der Waals surface area contributed by atoms with Crippen molar-refractivity contribution >= 4 is 28.8 Å². The van der Waals surface area contributed by atoms with E-state index in [1.807, 2.05) is 6.07 Å². The van der Waals surface area contributed by atoms with Crippen LogP contribution in [0.2, 0.25) is 4.34 Å². The van der Waals surface area contributed by atoms with Gasteiger partial charge in [-0.05, 0) is 12.1 Å². The third-order valence-electron chi connectivity index (χ3n) is 1.85. The third-order valence-corrected chi connectivity index (χ3v) is 3.08. The lowest BCUT2D eigenvalue weighted by molar-refractivity contribution is 0.0946. The first-order valence-electron chi connectivity index (χ1n) is 4.54. The van der Waals surface area contributed by atoms with E-state index in [0.717, 1.165) is 4.88 Å². The minimum Gasteiger partial charge on any atom is -0.346 e. The maximum Gasteiger partial charge on any atom is 0.271 e. The number of hydrogen-bond acceptors (Lipinski definition) is 4. The van der Waals surface area contributed by atoms with Gasteiger partial charge < -0.3 is 5.32 Å². The summed E-state index contributed by atoms with van der Waals surface area (Å²) in [5.41, 5.74) is 0.310. The summed E-state index contributed by atoms with van der Waals surface area (Å²) in [7, 11) is 0. The van der Waals surface area contributed by atoms with E-state index in [0.29, 0.717) is 16.6 Å². The molecule has 1 amide bonds. The molecule has 0 unspecified atom stereocenters.